The third-order valence-corrected chi connectivity index (χ3v) is 13.8. The monoisotopic (exact) mass is 964 g/mol. The Hall–Kier alpha value is -8.26. The van der Waals surface area contributed by atoms with Crippen LogP contribution in [0.1, 0.15) is 0 Å². The molecule has 0 amide bonds. The highest BCUT2D eigenvalue weighted by Crippen LogP contribution is 2.45. The van der Waals surface area contributed by atoms with Crippen molar-refractivity contribution in [2.75, 3.05) is 0 Å². The summed E-state index contributed by atoms with van der Waals surface area (Å²) in [4.78, 5) is 0. The Morgan fingerprint density at radius 2 is 0.586 bits per heavy atom. The lowest BCUT2D eigenvalue weighted by atomic mass is 9.72. The molecule has 0 spiro atoms. The predicted molar refractivity (Wildman–Crippen MR) is 298 cm³/mol. The summed E-state index contributed by atoms with van der Waals surface area (Å²) in [7, 11) is -1.50. The molecule has 2 aromatic heterocycles. The van der Waals surface area contributed by atoms with E-state index in [9.17, 15) is 10.0 Å². The van der Waals surface area contributed by atoms with Crippen molar-refractivity contribution >= 4 is 115 Å². The second kappa shape index (κ2) is 18.3. The van der Waals surface area contributed by atoms with Gasteiger partial charge >= 0.3 is 7.12 Å². The van der Waals surface area contributed by atoms with Crippen LogP contribution in [-0.2, 0) is 0 Å². The molecule has 0 fully saturated rings. The maximum absolute atomic E-state index is 9.94. The third-order valence-electron chi connectivity index (χ3n) is 13.3. The first-order valence-corrected chi connectivity index (χ1v) is 24.1. The molecule has 14 aromatic rings. The van der Waals surface area contributed by atoms with Crippen molar-refractivity contribution in [2.45, 2.75) is 0 Å². The van der Waals surface area contributed by atoms with Gasteiger partial charge < -0.3 is 18.9 Å². The fraction of sp³-hybridized carbons (Fsp3) is 0. The van der Waals surface area contributed by atoms with Gasteiger partial charge in [-0.25, -0.2) is 0 Å². The average molecular weight is 966 g/mol. The Labute approximate surface area is 412 Å². The van der Waals surface area contributed by atoms with Crippen LogP contribution in [0, 0.1) is 0 Å². The Balaban J connectivity index is 0.000000118. The van der Waals surface area contributed by atoms with Crippen molar-refractivity contribution in [1.82, 2.24) is 0 Å². The second-order valence-electron chi connectivity index (χ2n) is 17.4. The first kappa shape index (κ1) is 43.1. The number of furan rings is 2. The van der Waals surface area contributed by atoms with Crippen LogP contribution < -0.4 is 5.46 Å². The predicted octanol–water partition coefficient (Wildman–Crippen LogP) is 16.9. The summed E-state index contributed by atoms with van der Waals surface area (Å²) in [6, 6.07) is 83.3. The van der Waals surface area contributed by atoms with Crippen molar-refractivity contribution in [1.29, 1.82) is 0 Å². The first-order chi connectivity index (χ1) is 34.5. The Kier molecular flexibility index (Phi) is 11.3. The molecule has 2 heterocycles. The van der Waals surface area contributed by atoms with E-state index >= 15 is 0 Å². The molecule has 70 heavy (non-hydrogen) atoms. The summed E-state index contributed by atoms with van der Waals surface area (Å²) >= 11 is 3.46. The van der Waals surface area contributed by atoms with E-state index in [0.29, 0.717) is 5.46 Å². The lowest BCUT2D eigenvalue weighted by molar-refractivity contribution is 0.426. The van der Waals surface area contributed by atoms with E-state index in [0.717, 1.165) is 75.6 Å². The molecule has 14 rings (SSSR count). The number of hydrogen-bond acceptors (Lipinski definition) is 4. The SMILES string of the molecule is Brc1ccc2oc3ccccc3c2c1.OB(O)c1c2ccccc2c(-c2ccccc2)c2ccccc12.c1ccc(-c2c3ccccc3c(-c3ccc4oc5ccccc5c4c3)c3ccccc23)cc1. The summed E-state index contributed by atoms with van der Waals surface area (Å²) in [5.74, 6) is 0. The zero-order valence-electron chi connectivity index (χ0n) is 37.8. The largest absolute Gasteiger partial charge is 0.489 e. The van der Waals surface area contributed by atoms with Crippen molar-refractivity contribution in [3.63, 3.8) is 0 Å². The van der Waals surface area contributed by atoms with Gasteiger partial charge in [0.1, 0.15) is 22.3 Å². The molecule has 0 saturated heterocycles. The number of para-hydroxylation sites is 2. The van der Waals surface area contributed by atoms with E-state index < -0.39 is 7.12 Å². The lowest BCUT2D eigenvalue weighted by Gasteiger charge is -2.17. The Bertz CT molecular complexity index is 4120. The molecular formula is C64H42BBrO4. The molecule has 4 nitrogen and oxygen atoms in total. The van der Waals surface area contributed by atoms with Crippen LogP contribution in [0.2, 0.25) is 0 Å². The first-order valence-electron chi connectivity index (χ1n) is 23.3. The van der Waals surface area contributed by atoms with Gasteiger partial charge in [0.2, 0.25) is 0 Å². The van der Waals surface area contributed by atoms with Gasteiger partial charge in [0, 0.05) is 26.0 Å². The van der Waals surface area contributed by atoms with Crippen molar-refractivity contribution in [2.24, 2.45) is 0 Å². The normalized spacial score (nSPS) is 11.4. The number of hydrogen-bond donors (Lipinski definition) is 2. The smallest absolute Gasteiger partial charge is 0.456 e. The van der Waals surface area contributed by atoms with Crippen LogP contribution in [0.4, 0.5) is 0 Å². The van der Waals surface area contributed by atoms with Crippen LogP contribution in [0.3, 0.4) is 0 Å². The summed E-state index contributed by atoms with van der Waals surface area (Å²) in [6.07, 6.45) is 0. The number of benzene rings is 12. The van der Waals surface area contributed by atoms with Crippen LogP contribution in [0.5, 0.6) is 0 Å². The fourth-order valence-corrected chi connectivity index (χ4v) is 10.7. The minimum atomic E-state index is -1.50. The van der Waals surface area contributed by atoms with Crippen molar-refractivity contribution < 1.29 is 18.9 Å². The molecule has 0 saturated carbocycles. The highest BCUT2D eigenvalue weighted by molar-refractivity contribution is 9.10. The minimum absolute atomic E-state index is 0.566. The van der Waals surface area contributed by atoms with Gasteiger partial charge in [-0.3, -0.25) is 0 Å². The average Bonchev–Trinajstić information content (AvgIpc) is 3.98. The van der Waals surface area contributed by atoms with Crippen LogP contribution in [-0.4, -0.2) is 17.2 Å². The van der Waals surface area contributed by atoms with E-state index in [1.165, 1.54) is 49.2 Å². The van der Waals surface area contributed by atoms with Gasteiger partial charge in [-0.15, -0.1) is 0 Å². The molecule has 6 heteroatoms. The second-order valence-corrected chi connectivity index (χ2v) is 18.3. The highest BCUT2D eigenvalue weighted by atomic mass is 79.9. The van der Waals surface area contributed by atoms with Crippen molar-refractivity contribution in [3.8, 4) is 33.4 Å². The zero-order chi connectivity index (χ0) is 47.1. The van der Waals surface area contributed by atoms with Gasteiger partial charge in [-0.1, -0.05) is 216 Å². The Morgan fingerprint density at radius 3 is 1.01 bits per heavy atom. The molecule has 0 bridgehead atoms. The van der Waals surface area contributed by atoms with Crippen LogP contribution in [0.15, 0.2) is 256 Å². The third kappa shape index (κ3) is 7.69. The fourth-order valence-electron chi connectivity index (χ4n) is 10.3. The van der Waals surface area contributed by atoms with E-state index in [2.05, 4.69) is 149 Å². The molecular weight excluding hydrogens is 923 g/mol. The maximum atomic E-state index is 9.94. The topological polar surface area (TPSA) is 66.7 Å². The minimum Gasteiger partial charge on any atom is -0.456 e. The summed E-state index contributed by atoms with van der Waals surface area (Å²) in [5.41, 5.74) is 11.6. The molecule has 0 aliphatic rings. The zero-order valence-corrected chi connectivity index (χ0v) is 39.3. The summed E-state index contributed by atoms with van der Waals surface area (Å²) < 4.78 is 12.9. The molecule has 0 radical (unpaired) electrons. The number of fused-ring (bicyclic) bond motifs is 10. The van der Waals surface area contributed by atoms with Gasteiger partial charge in [0.25, 0.3) is 0 Å². The van der Waals surface area contributed by atoms with E-state index in [1.807, 2.05) is 109 Å². The van der Waals surface area contributed by atoms with E-state index in [4.69, 9.17) is 8.83 Å². The van der Waals surface area contributed by atoms with E-state index in [1.54, 1.807) is 0 Å². The van der Waals surface area contributed by atoms with Crippen LogP contribution >= 0.6 is 15.9 Å². The molecule has 332 valence electrons. The lowest BCUT2D eigenvalue weighted by Crippen LogP contribution is -2.31. The molecule has 0 aliphatic heterocycles. The molecule has 2 N–H and O–H groups in total. The van der Waals surface area contributed by atoms with Gasteiger partial charge in [-0.05, 0) is 124 Å². The van der Waals surface area contributed by atoms with Gasteiger partial charge in [-0.2, -0.15) is 0 Å². The number of rotatable bonds is 4. The van der Waals surface area contributed by atoms with E-state index in [-0.39, 0.29) is 0 Å². The quantitative estimate of drug-likeness (QED) is 0.136. The molecule has 0 aliphatic carbocycles. The highest BCUT2D eigenvalue weighted by Gasteiger charge is 2.22. The standard InChI is InChI=1S/C32H20O.C20H15BO2.C12H7BrO/c1-2-10-21(11-3-1)31-24-13-4-6-15-26(24)32(27-16-7-5-14-25(27)31)22-18-19-30-28(20-22)23-12-8-9-17-29(23)33-30;22-21(23)20-17-12-6-4-10-15(17)19(14-8-2-1-3-9-14)16-11-5-7-13-18(16)20;13-8-5-6-12-10(7-8)9-3-1-2-4-11(9)14-12/h1-20H;1-13,22-23H;1-7H. The molecule has 0 unspecified atom stereocenters. The maximum Gasteiger partial charge on any atom is 0.489 e. The van der Waals surface area contributed by atoms with Gasteiger partial charge in [0.05, 0.1) is 0 Å². The summed E-state index contributed by atoms with van der Waals surface area (Å²) in [5, 5.41) is 33.4. The van der Waals surface area contributed by atoms with Crippen LogP contribution in [0.25, 0.3) is 120 Å². The Morgan fingerprint density at radius 1 is 0.271 bits per heavy atom. The molecule has 12 aromatic carbocycles. The number of halogens is 1. The summed E-state index contributed by atoms with van der Waals surface area (Å²) in [6.45, 7) is 0. The molecule has 0 atom stereocenters. The van der Waals surface area contributed by atoms with Gasteiger partial charge in [0.15, 0.2) is 0 Å². The van der Waals surface area contributed by atoms with Crippen molar-refractivity contribution in [3.05, 3.63) is 247 Å².